The van der Waals surface area contributed by atoms with Crippen LogP contribution in [-0.2, 0) is 14.3 Å². The average Bonchev–Trinajstić information content (AvgIpc) is 3.53. The van der Waals surface area contributed by atoms with Crippen LogP contribution in [0.3, 0.4) is 0 Å². The number of nitrogens with zero attached hydrogens (tertiary/aromatic N) is 2. The molecule has 0 spiro atoms. The summed E-state index contributed by atoms with van der Waals surface area (Å²) in [6, 6.07) is 14.7. The number of ether oxygens (including phenoxy) is 1. The first-order valence-corrected chi connectivity index (χ1v) is 12.8. The first-order chi connectivity index (χ1) is 17.5. The number of para-hydroxylation sites is 1. The molecule has 0 bridgehead atoms. The Morgan fingerprint density at radius 2 is 1.94 bits per heavy atom. The molecule has 2 aromatic carbocycles. The molecular formula is C27H27FN4O3S. The molecule has 2 amide bonds. The Morgan fingerprint density at radius 1 is 1.17 bits per heavy atom. The number of thioether (sulfide) groups is 1. The van der Waals surface area contributed by atoms with Gasteiger partial charge in [-0.3, -0.25) is 9.59 Å². The van der Waals surface area contributed by atoms with Crippen LogP contribution in [0, 0.1) is 5.82 Å². The molecule has 9 heteroatoms. The molecule has 0 aromatic heterocycles. The fraction of sp³-hybridized carbons (Fsp3) is 0.296. The molecule has 7 nitrogen and oxygen atoms in total. The smallest absolute Gasteiger partial charge is 0.255 e. The molecule has 2 aromatic rings. The Kier molecular flexibility index (Phi) is 7.20. The molecule has 36 heavy (non-hydrogen) atoms. The number of aliphatic imine (C=N–C) groups is 1. The van der Waals surface area contributed by atoms with Crippen molar-refractivity contribution in [1.29, 1.82) is 0 Å². The monoisotopic (exact) mass is 506 g/mol. The van der Waals surface area contributed by atoms with Gasteiger partial charge in [-0.2, -0.15) is 0 Å². The van der Waals surface area contributed by atoms with Gasteiger partial charge in [-0.05, 0) is 55.0 Å². The van der Waals surface area contributed by atoms with E-state index in [1.807, 2.05) is 40.6 Å². The maximum atomic E-state index is 13.8. The van der Waals surface area contributed by atoms with Crippen molar-refractivity contribution >= 4 is 34.4 Å². The van der Waals surface area contributed by atoms with E-state index in [4.69, 9.17) is 9.73 Å². The minimum Gasteiger partial charge on any atom is -0.376 e. The number of amidine groups is 1. The fourth-order valence-electron chi connectivity index (χ4n) is 4.60. The molecule has 2 atom stereocenters. The minimum atomic E-state index is -0.561. The van der Waals surface area contributed by atoms with Crippen LogP contribution in [0.15, 0.2) is 82.0 Å². The van der Waals surface area contributed by atoms with Crippen LogP contribution < -0.4 is 10.6 Å². The number of anilines is 1. The first-order valence-electron chi connectivity index (χ1n) is 11.9. The molecule has 186 valence electrons. The van der Waals surface area contributed by atoms with Gasteiger partial charge in [0, 0.05) is 24.5 Å². The Labute approximate surface area is 213 Å². The summed E-state index contributed by atoms with van der Waals surface area (Å²) in [6.45, 7) is 3.01. The van der Waals surface area contributed by atoms with Gasteiger partial charge in [-0.15, -0.1) is 0 Å². The largest absolute Gasteiger partial charge is 0.376 e. The molecule has 0 unspecified atom stereocenters. The number of rotatable bonds is 7. The number of carbonyl (C=O) groups is 2. The van der Waals surface area contributed by atoms with Crippen molar-refractivity contribution in [3.63, 3.8) is 0 Å². The SMILES string of the molecule is CC1=C(C(=O)Nc2ccccc2)[C@H](c2ccc(F)cc2)N2C(CC(=O)NC[C@@H]3CCCO3)=CSC2=N1. The molecule has 1 fully saturated rings. The van der Waals surface area contributed by atoms with Gasteiger partial charge in [0.25, 0.3) is 5.91 Å². The number of amides is 2. The van der Waals surface area contributed by atoms with Crippen molar-refractivity contribution in [1.82, 2.24) is 10.2 Å². The van der Waals surface area contributed by atoms with E-state index in [1.165, 1.54) is 23.9 Å². The summed E-state index contributed by atoms with van der Waals surface area (Å²) < 4.78 is 19.4. The lowest BCUT2D eigenvalue weighted by atomic mass is 9.93. The second kappa shape index (κ2) is 10.7. The summed E-state index contributed by atoms with van der Waals surface area (Å²) in [5.41, 5.74) is 3.15. The molecule has 1 saturated heterocycles. The van der Waals surface area contributed by atoms with Gasteiger partial charge in [0.15, 0.2) is 5.17 Å². The lowest BCUT2D eigenvalue weighted by Crippen LogP contribution is -2.39. The summed E-state index contributed by atoms with van der Waals surface area (Å²) >= 11 is 1.41. The number of hydrogen-bond donors (Lipinski definition) is 2. The van der Waals surface area contributed by atoms with Gasteiger partial charge < -0.3 is 20.3 Å². The Hall–Kier alpha value is -3.43. The number of carbonyl (C=O) groups excluding carboxylic acids is 2. The molecular weight excluding hydrogens is 479 g/mol. The highest BCUT2D eigenvalue weighted by molar-refractivity contribution is 8.16. The maximum absolute atomic E-state index is 13.8. The van der Waals surface area contributed by atoms with Crippen LogP contribution >= 0.6 is 11.8 Å². The van der Waals surface area contributed by atoms with Crippen LogP contribution in [0.1, 0.15) is 37.8 Å². The molecule has 5 rings (SSSR count). The van der Waals surface area contributed by atoms with Crippen molar-refractivity contribution in [2.45, 2.75) is 38.3 Å². The van der Waals surface area contributed by atoms with Crippen LogP contribution in [0.2, 0.25) is 0 Å². The lowest BCUT2D eigenvalue weighted by molar-refractivity contribution is -0.121. The van der Waals surface area contributed by atoms with Gasteiger partial charge in [0.2, 0.25) is 5.91 Å². The normalized spacial score (nSPS) is 21.1. The molecule has 3 aliphatic rings. The van der Waals surface area contributed by atoms with Gasteiger partial charge in [-0.25, -0.2) is 9.38 Å². The van der Waals surface area contributed by atoms with Gasteiger partial charge in [0.1, 0.15) is 5.82 Å². The molecule has 0 radical (unpaired) electrons. The molecule has 3 heterocycles. The van der Waals surface area contributed by atoms with Crippen molar-refractivity contribution in [2.24, 2.45) is 4.99 Å². The Bertz CT molecular complexity index is 1240. The number of hydrogen-bond acceptors (Lipinski definition) is 6. The zero-order chi connectivity index (χ0) is 25.1. The van der Waals surface area contributed by atoms with E-state index in [2.05, 4.69) is 10.6 Å². The lowest BCUT2D eigenvalue weighted by Gasteiger charge is -2.36. The van der Waals surface area contributed by atoms with E-state index in [1.54, 1.807) is 19.1 Å². The van der Waals surface area contributed by atoms with Gasteiger partial charge >= 0.3 is 0 Å². The van der Waals surface area contributed by atoms with Crippen LogP contribution in [-0.4, -0.2) is 41.1 Å². The molecule has 2 N–H and O–H groups in total. The van der Waals surface area contributed by atoms with E-state index in [9.17, 15) is 14.0 Å². The molecule has 0 aliphatic carbocycles. The quantitative estimate of drug-likeness (QED) is 0.568. The summed E-state index contributed by atoms with van der Waals surface area (Å²) in [6.07, 6.45) is 2.13. The number of benzene rings is 2. The van der Waals surface area contributed by atoms with E-state index in [0.717, 1.165) is 30.7 Å². The number of fused-ring (bicyclic) bond motifs is 1. The van der Waals surface area contributed by atoms with E-state index >= 15 is 0 Å². The first kappa shape index (κ1) is 24.3. The Balaban J connectivity index is 1.42. The second-order valence-corrected chi connectivity index (χ2v) is 9.72. The van der Waals surface area contributed by atoms with E-state index in [-0.39, 0.29) is 30.2 Å². The second-order valence-electron chi connectivity index (χ2n) is 8.88. The minimum absolute atomic E-state index is 0.0545. The summed E-state index contributed by atoms with van der Waals surface area (Å²) in [5.74, 6) is -0.785. The topological polar surface area (TPSA) is 83.0 Å². The third kappa shape index (κ3) is 5.22. The highest BCUT2D eigenvalue weighted by Gasteiger charge is 2.40. The zero-order valence-electron chi connectivity index (χ0n) is 19.9. The Morgan fingerprint density at radius 3 is 2.67 bits per heavy atom. The average molecular weight is 507 g/mol. The van der Waals surface area contributed by atoms with Gasteiger partial charge in [-0.1, -0.05) is 42.1 Å². The van der Waals surface area contributed by atoms with Gasteiger partial charge in [0.05, 0.1) is 29.8 Å². The van der Waals surface area contributed by atoms with E-state index in [0.29, 0.717) is 28.7 Å². The van der Waals surface area contributed by atoms with E-state index < -0.39 is 6.04 Å². The standard InChI is InChI=1S/C27H27FN4O3S/c1-17-24(26(34)31-20-6-3-2-4-7-20)25(18-9-11-19(28)12-10-18)32-21(16-36-27(32)30-17)14-23(33)29-15-22-8-5-13-35-22/h2-4,6-7,9-12,16,22,25H,5,8,13-15H2,1H3,(H,29,33)(H,31,34)/t22-,25-/m0/s1. The summed E-state index contributed by atoms with van der Waals surface area (Å²) in [4.78, 5) is 33.0. The number of halogens is 1. The van der Waals surface area contributed by atoms with Crippen LogP contribution in [0.5, 0.6) is 0 Å². The summed E-state index contributed by atoms with van der Waals surface area (Å²) in [7, 11) is 0. The van der Waals surface area contributed by atoms with Crippen LogP contribution in [0.25, 0.3) is 0 Å². The van der Waals surface area contributed by atoms with Crippen LogP contribution in [0.4, 0.5) is 10.1 Å². The summed E-state index contributed by atoms with van der Waals surface area (Å²) in [5, 5.41) is 8.49. The maximum Gasteiger partial charge on any atom is 0.255 e. The third-order valence-electron chi connectivity index (χ3n) is 6.36. The fourth-order valence-corrected chi connectivity index (χ4v) is 5.56. The predicted octanol–water partition coefficient (Wildman–Crippen LogP) is 4.72. The molecule has 0 saturated carbocycles. The highest BCUT2D eigenvalue weighted by Crippen LogP contribution is 2.44. The zero-order valence-corrected chi connectivity index (χ0v) is 20.7. The molecule has 3 aliphatic heterocycles. The van der Waals surface area contributed by atoms with Crippen molar-refractivity contribution in [3.05, 3.63) is 88.4 Å². The number of nitrogens with one attached hydrogen (secondary N) is 2. The van der Waals surface area contributed by atoms with Crippen molar-refractivity contribution < 1.29 is 18.7 Å². The predicted molar refractivity (Wildman–Crippen MR) is 138 cm³/mol. The third-order valence-corrected chi connectivity index (χ3v) is 7.24. The van der Waals surface area contributed by atoms with Crippen molar-refractivity contribution in [2.75, 3.05) is 18.5 Å². The number of allylic oxidation sites excluding steroid dienone is 1. The highest BCUT2D eigenvalue weighted by atomic mass is 32.2. The van der Waals surface area contributed by atoms with Crippen molar-refractivity contribution in [3.8, 4) is 0 Å².